The number of ether oxygens (including phenoxy) is 1. The molecule has 35 heavy (non-hydrogen) atoms. The van der Waals surface area contributed by atoms with Gasteiger partial charge >= 0.3 is 0 Å². The van der Waals surface area contributed by atoms with Gasteiger partial charge in [-0.25, -0.2) is 13.4 Å². The molecule has 3 atom stereocenters. The first kappa shape index (κ1) is 26.7. The predicted octanol–water partition coefficient (Wildman–Crippen LogP) is 2.77. The molecule has 1 amide bonds. The van der Waals surface area contributed by atoms with Crippen molar-refractivity contribution in [2.45, 2.75) is 50.7 Å². The summed E-state index contributed by atoms with van der Waals surface area (Å²) in [5.74, 6) is 5.67. The minimum absolute atomic E-state index is 0.0626. The summed E-state index contributed by atoms with van der Waals surface area (Å²) in [5, 5.41) is 9.79. The Bertz CT molecular complexity index is 1190. The number of nitrogens with zero attached hydrogens (tertiary/aromatic N) is 3. The first-order chi connectivity index (χ1) is 16.7. The molecule has 188 valence electrons. The summed E-state index contributed by atoms with van der Waals surface area (Å²) in [5.41, 5.74) is 0.846. The molecule has 0 bridgehead atoms. The molecule has 1 aliphatic heterocycles. The number of hydrogen-bond acceptors (Lipinski definition) is 6. The van der Waals surface area contributed by atoms with Crippen LogP contribution in [-0.2, 0) is 10.0 Å². The summed E-state index contributed by atoms with van der Waals surface area (Å²) in [6, 6.07) is 9.44. The normalized spacial score (nSPS) is 19.1. The van der Waals surface area contributed by atoms with E-state index in [9.17, 15) is 18.3 Å². The number of amides is 1. The van der Waals surface area contributed by atoms with Crippen LogP contribution in [0.5, 0.6) is 5.88 Å². The van der Waals surface area contributed by atoms with E-state index in [1.807, 2.05) is 13.8 Å². The lowest BCUT2D eigenvalue weighted by Gasteiger charge is -2.37. The summed E-state index contributed by atoms with van der Waals surface area (Å²) in [7, 11) is -2.22. The van der Waals surface area contributed by atoms with Crippen LogP contribution in [-0.4, -0.2) is 72.5 Å². The second-order valence-electron chi connectivity index (χ2n) is 8.85. The molecule has 8 nitrogen and oxygen atoms in total. The monoisotopic (exact) mass is 499 g/mol. The van der Waals surface area contributed by atoms with Crippen molar-refractivity contribution in [3.8, 4) is 17.7 Å². The van der Waals surface area contributed by atoms with Crippen LogP contribution in [0, 0.1) is 17.8 Å². The molecule has 1 aromatic carbocycles. The fourth-order valence-electron chi connectivity index (χ4n) is 3.80. The van der Waals surface area contributed by atoms with Crippen molar-refractivity contribution in [3.05, 3.63) is 53.7 Å². The van der Waals surface area contributed by atoms with Gasteiger partial charge in [-0.3, -0.25) is 4.79 Å². The molecule has 1 N–H and O–H groups in total. The van der Waals surface area contributed by atoms with E-state index in [4.69, 9.17) is 4.74 Å². The highest BCUT2D eigenvalue weighted by Gasteiger charge is 2.35. The summed E-state index contributed by atoms with van der Waals surface area (Å²) in [6.45, 7) is 5.85. The Labute approximate surface area is 208 Å². The van der Waals surface area contributed by atoms with Crippen LogP contribution in [0.4, 0.5) is 0 Å². The van der Waals surface area contributed by atoms with Gasteiger partial charge < -0.3 is 14.7 Å². The fraction of sp³-hybridized carbons (Fsp3) is 0.462. The molecule has 1 aromatic heterocycles. The van der Waals surface area contributed by atoms with E-state index in [0.29, 0.717) is 5.56 Å². The highest BCUT2D eigenvalue weighted by atomic mass is 32.2. The predicted molar refractivity (Wildman–Crippen MR) is 133 cm³/mol. The number of aliphatic hydroxyl groups excluding tert-OH is 1. The number of likely N-dealkylation sites (N-methyl/N-ethyl adjacent to an activating group) is 1. The van der Waals surface area contributed by atoms with E-state index < -0.39 is 22.2 Å². The maximum atomic E-state index is 13.4. The van der Waals surface area contributed by atoms with Crippen LogP contribution in [0.2, 0.25) is 0 Å². The number of aliphatic hydroxyl groups is 1. The summed E-state index contributed by atoms with van der Waals surface area (Å²) < 4.78 is 33.6. The number of carbonyl (C=O) groups is 1. The van der Waals surface area contributed by atoms with Crippen molar-refractivity contribution in [2.24, 2.45) is 5.92 Å². The second-order valence-corrected chi connectivity index (χ2v) is 10.9. The zero-order chi connectivity index (χ0) is 25.6. The van der Waals surface area contributed by atoms with Gasteiger partial charge in [-0.2, -0.15) is 4.31 Å². The quantitative estimate of drug-likeness (QED) is 0.588. The maximum absolute atomic E-state index is 13.4. The Morgan fingerprint density at radius 1 is 1.31 bits per heavy atom. The number of hydrogen-bond donors (Lipinski definition) is 1. The smallest absolute Gasteiger partial charge is 0.259 e. The SMILES string of the molecule is CCCC#Cc1cnc2c(c1)C(=O)N([C@H](C)CO)C[C@@H](C)[C@@H](CN(C)S(=O)(=O)c1ccccc1)O2. The number of benzene rings is 1. The Morgan fingerprint density at radius 3 is 2.69 bits per heavy atom. The molecule has 3 rings (SSSR count). The van der Waals surface area contributed by atoms with Crippen molar-refractivity contribution < 1.29 is 23.1 Å². The van der Waals surface area contributed by atoms with E-state index in [1.165, 1.54) is 11.4 Å². The lowest BCUT2D eigenvalue weighted by Crippen LogP contribution is -2.50. The van der Waals surface area contributed by atoms with E-state index in [2.05, 4.69) is 16.8 Å². The number of sulfonamides is 1. The van der Waals surface area contributed by atoms with Crippen molar-refractivity contribution in [2.75, 3.05) is 26.7 Å². The summed E-state index contributed by atoms with van der Waals surface area (Å²) in [6.07, 6.45) is 2.64. The van der Waals surface area contributed by atoms with E-state index in [1.54, 1.807) is 54.4 Å². The largest absolute Gasteiger partial charge is 0.472 e. The van der Waals surface area contributed by atoms with Gasteiger partial charge in [-0.1, -0.05) is 43.9 Å². The van der Waals surface area contributed by atoms with Gasteiger partial charge in [0.25, 0.3) is 5.91 Å². The first-order valence-electron chi connectivity index (χ1n) is 11.8. The van der Waals surface area contributed by atoms with Gasteiger partial charge in [0.15, 0.2) is 0 Å². The van der Waals surface area contributed by atoms with Gasteiger partial charge in [-0.05, 0) is 31.5 Å². The van der Waals surface area contributed by atoms with E-state index >= 15 is 0 Å². The van der Waals surface area contributed by atoms with Gasteiger partial charge in [0.05, 0.1) is 24.1 Å². The van der Waals surface area contributed by atoms with Crippen molar-refractivity contribution in [3.63, 3.8) is 0 Å². The average molecular weight is 500 g/mol. The van der Waals surface area contributed by atoms with Crippen molar-refractivity contribution in [1.82, 2.24) is 14.2 Å². The molecule has 9 heteroatoms. The van der Waals surface area contributed by atoms with Crippen LogP contribution in [0.1, 0.15) is 49.5 Å². The zero-order valence-corrected chi connectivity index (χ0v) is 21.5. The van der Waals surface area contributed by atoms with Crippen LogP contribution in [0.3, 0.4) is 0 Å². The maximum Gasteiger partial charge on any atom is 0.259 e. The highest BCUT2D eigenvalue weighted by Crippen LogP contribution is 2.28. The second kappa shape index (κ2) is 11.7. The zero-order valence-electron chi connectivity index (χ0n) is 20.6. The number of fused-ring (bicyclic) bond motifs is 1. The third kappa shape index (κ3) is 6.20. The molecule has 0 saturated carbocycles. The molecular weight excluding hydrogens is 466 g/mol. The Hall–Kier alpha value is -2.93. The molecule has 0 fully saturated rings. The molecule has 0 unspecified atom stereocenters. The third-order valence-corrected chi connectivity index (χ3v) is 7.85. The van der Waals surface area contributed by atoms with Gasteiger partial charge in [0.2, 0.25) is 15.9 Å². The number of unbranched alkanes of at least 4 members (excludes halogenated alkanes) is 1. The Balaban J connectivity index is 1.97. The Morgan fingerprint density at radius 2 is 2.03 bits per heavy atom. The lowest BCUT2D eigenvalue weighted by molar-refractivity contribution is 0.0373. The molecule has 2 heterocycles. The minimum Gasteiger partial charge on any atom is -0.472 e. The molecule has 0 aliphatic carbocycles. The Kier molecular flexibility index (Phi) is 8.89. The standard InChI is InChI=1S/C26H33N3O5S/c1-5-6-8-11-21-14-23-25(27-15-21)34-24(19(2)16-29(26(23)31)20(3)18-30)17-28(4)35(32,33)22-12-9-7-10-13-22/h7,9-10,12-15,19-20,24,30H,5-6,16-18H2,1-4H3/t19-,20-,24-/m1/s1. The highest BCUT2D eigenvalue weighted by molar-refractivity contribution is 7.89. The number of carbonyl (C=O) groups excluding carboxylic acids is 1. The van der Waals surface area contributed by atoms with Crippen LogP contribution in [0.25, 0.3) is 0 Å². The number of rotatable bonds is 7. The van der Waals surface area contributed by atoms with Crippen LogP contribution in [0.15, 0.2) is 47.5 Å². The average Bonchev–Trinajstić information content (AvgIpc) is 2.86. The minimum atomic E-state index is -3.73. The van der Waals surface area contributed by atoms with Crippen LogP contribution < -0.4 is 4.74 Å². The number of pyridine rings is 1. The lowest BCUT2D eigenvalue weighted by atomic mass is 10.0. The first-order valence-corrected chi connectivity index (χ1v) is 13.2. The topological polar surface area (TPSA) is 100 Å². The van der Waals surface area contributed by atoms with E-state index in [-0.39, 0.29) is 47.9 Å². The molecule has 0 saturated heterocycles. The van der Waals surface area contributed by atoms with Gasteiger partial charge in [0.1, 0.15) is 11.7 Å². The van der Waals surface area contributed by atoms with Gasteiger partial charge in [0, 0.05) is 37.7 Å². The van der Waals surface area contributed by atoms with E-state index in [0.717, 1.165) is 12.8 Å². The molecule has 0 spiro atoms. The third-order valence-electron chi connectivity index (χ3n) is 6.02. The van der Waals surface area contributed by atoms with Crippen molar-refractivity contribution in [1.29, 1.82) is 0 Å². The summed E-state index contributed by atoms with van der Waals surface area (Å²) >= 11 is 0. The molecule has 0 radical (unpaired) electrons. The molecular formula is C26H33N3O5S. The van der Waals surface area contributed by atoms with Crippen molar-refractivity contribution >= 4 is 15.9 Å². The van der Waals surface area contributed by atoms with Crippen LogP contribution >= 0.6 is 0 Å². The fourth-order valence-corrected chi connectivity index (χ4v) is 5.01. The molecule has 1 aliphatic rings. The van der Waals surface area contributed by atoms with Gasteiger partial charge in [-0.15, -0.1) is 0 Å². The molecule has 2 aromatic rings. The summed E-state index contributed by atoms with van der Waals surface area (Å²) in [4.78, 5) is 19.6. The number of aromatic nitrogens is 1.